The summed E-state index contributed by atoms with van der Waals surface area (Å²) in [6.07, 6.45) is -2.16. The maximum Gasteiger partial charge on any atom is 0.471 e. The molecule has 2 aromatic rings. The summed E-state index contributed by atoms with van der Waals surface area (Å²) < 4.78 is 41.6. The molecular weight excluding hydrogens is 469 g/mol. The van der Waals surface area contributed by atoms with E-state index in [4.69, 9.17) is 0 Å². The molecule has 0 radical (unpaired) electrons. The average molecular weight is 495 g/mol. The third-order valence-corrected chi connectivity index (χ3v) is 7.02. The van der Waals surface area contributed by atoms with E-state index in [-0.39, 0.29) is 17.9 Å². The normalized spacial score (nSPS) is 22.7. The zero-order valence-corrected chi connectivity index (χ0v) is 18.8. The van der Waals surface area contributed by atoms with Crippen molar-refractivity contribution in [2.24, 2.45) is 5.41 Å². The molecule has 1 saturated heterocycles. The van der Waals surface area contributed by atoms with Gasteiger partial charge in [0.05, 0.1) is 0 Å². The van der Waals surface area contributed by atoms with Gasteiger partial charge in [0.1, 0.15) is 0 Å². The Labute approximate surface area is 189 Å². The first kappa shape index (κ1) is 22.3. The first-order chi connectivity index (χ1) is 14.8. The lowest BCUT2D eigenvalue weighted by atomic mass is 9.73. The van der Waals surface area contributed by atoms with Gasteiger partial charge in [0.25, 0.3) is 0 Å². The fourth-order valence-corrected chi connectivity index (χ4v) is 5.32. The average Bonchev–Trinajstić information content (AvgIpc) is 3.53. The fraction of sp³-hybridized carbons (Fsp3) is 0.458. The summed E-state index contributed by atoms with van der Waals surface area (Å²) in [6.45, 7) is 1.62. The maximum absolute atomic E-state index is 13.6. The summed E-state index contributed by atoms with van der Waals surface area (Å²) in [7, 11) is 0. The molecule has 4 rings (SSSR count). The second-order valence-electron chi connectivity index (χ2n) is 8.81. The lowest BCUT2D eigenvalue weighted by Gasteiger charge is -2.42. The van der Waals surface area contributed by atoms with Gasteiger partial charge in [-0.25, -0.2) is 0 Å². The van der Waals surface area contributed by atoms with Crippen LogP contribution in [0.2, 0.25) is 0 Å². The SMILES string of the molecule is O=C(N(CC1(Cc2cccc(Br)c2)CCNCC1)C1CC1c1ccccc1)C(F)(F)F. The van der Waals surface area contributed by atoms with Gasteiger partial charge in [0.2, 0.25) is 0 Å². The van der Waals surface area contributed by atoms with Crippen LogP contribution in [0.3, 0.4) is 0 Å². The molecule has 2 fully saturated rings. The molecule has 0 aromatic heterocycles. The maximum atomic E-state index is 13.6. The highest BCUT2D eigenvalue weighted by atomic mass is 79.9. The van der Waals surface area contributed by atoms with Crippen molar-refractivity contribution in [3.8, 4) is 0 Å². The first-order valence-corrected chi connectivity index (χ1v) is 11.4. The Morgan fingerprint density at radius 3 is 2.45 bits per heavy atom. The Hall–Kier alpha value is -1.86. The van der Waals surface area contributed by atoms with E-state index in [0.29, 0.717) is 12.8 Å². The number of benzene rings is 2. The molecule has 166 valence electrons. The van der Waals surface area contributed by atoms with Crippen molar-refractivity contribution in [3.63, 3.8) is 0 Å². The van der Waals surface area contributed by atoms with Crippen LogP contribution in [0.25, 0.3) is 0 Å². The number of nitrogens with zero attached hydrogens (tertiary/aromatic N) is 1. The number of alkyl halides is 3. The number of carbonyl (C=O) groups excluding carboxylic acids is 1. The summed E-state index contributed by atoms with van der Waals surface area (Å²) in [5.74, 6) is -1.74. The van der Waals surface area contributed by atoms with Crippen LogP contribution in [0.1, 0.15) is 36.3 Å². The Balaban J connectivity index is 1.61. The highest BCUT2D eigenvalue weighted by Gasteiger charge is 2.53. The molecule has 7 heteroatoms. The predicted molar refractivity (Wildman–Crippen MR) is 118 cm³/mol. The van der Waals surface area contributed by atoms with Crippen LogP contribution in [0, 0.1) is 5.41 Å². The van der Waals surface area contributed by atoms with Crippen molar-refractivity contribution in [1.29, 1.82) is 0 Å². The van der Waals surface area contributed by atoms with Crippen LogP contribution >= 0.6 is 15.9 Å². The van der Waals surface area contributed by atoms with E-state index in [2.05, 4.69) is 21.2 Å². The molecule has 2 unspecified atom stereocenters. The van der Waals surface area contributed by atoms with Crippen LogP contribution in [-0.2, 0) is 11.2 Å². The van der Waals surface area contributed by atoms with Gasteiger partial charge in [-0.05, 0) is 67.4 Å². The van der Waals surface area contributed by atoms with Gasteiger partial charge in [-0.3, -0.25) is 4.79 Å². The molecule has 2 aliphatic rings. The summed E-state index contributed by atoms with van der Waals surface area (Å²) >= 11 is 3.49. The fourth-order valence-electron chi connectivity index (χ4n) is 4.88. The zero-order chi connectivity index (χ0) is 22.1. The number of hydrogen-bond donors (Lipinski definition) is 1. The first-order valence-electron chi connectivity index (χ1n) is 10.7. The summed E-state index contributed by atoms with van der Waals surface area (Å²) in [4.78, 5) is 13.7. The Morgan fingerprint density at radius 2 is 1.81 bits per heavy atom. The van der Waals surface area contributed by atoms with Crippen molar-refractivity contribution >= 4 is 21.8 Å². The molecule has 2 atom stereocenters. The van der Waals surface area contributed by atoms with Crippen molar-refractivity contribution < 1.29 is 18.0 Å². The monoisotopic (exact) mass is 494 g/mol. The van der Waals surface area contributed by atoms with E-state index in [1.807, 2.05) is 54.6 Å². The topological polar surface area (TPSA) is 32.3 Å². The molecule has 0 spiro atoms. The van der Waals surface area contributed by atoms with Gasteiger partial charge in [-0.1, -0.05) is 58.4 Å². The van der Waals surface area contributed by atoms with E-state index in [1.165, 1.54) is 0 Å². The van der Waals surface area contributed by atoms with E-state index >= 15 is 0 Å². The van der Waals surface area contributed by atoms with Gasteiger partial charge in [-0.2, -0.15) is 13.2 Å². The Kier molecular flexibility index (Phi) is 6.44. The van der Waals surface area contributed by atoms with Crippen molar-refractivity contribution in [2.75, 3.05) is 19.6 Å². The van der Waals surface area contributed by atoms with Gasteiger partial charge in [0, 0.05) is 23.0 Å². The number of piperidine rings is 1. The molecule has 1 saturated carbocycles. The third-order valence-electron chi connectivity index (χ3n) is 6.53. The molecule has 3 nitrogen and oxygen atoms in total. The van der Waals surface area contributed by atoms with E-state index in [1.54, 1.807) is 0 Å². The second kappa shape index (κ2) is 8.94. The number of halogens is 4. The van der Waals surface area contributed by atoms with E-state index < -0.39 is 18.1 Å². The van der Waals surface area contributed by atoms with Crippen LogP contribution < -0.4 is 5.32 Å². The molecule has 31 heavy (non-hydrogen) atoms. The number of hydrogen-bond acceptors (Lipinski definition) is 2. The predicted octanol–water partition coefficient (Wildman–Crippen LogP) is 5.31. The molecule has 2 aromatic carbocycles. The van der Waals surface area contributed by atoms with E-state index in [9.17, 15) is 18.0 Å². The molecule has 1 aliphatic heterocycles. The van der Waals surface area contributed by atoms with Crippen molar-refractivity contribution in [2.45, 2.75) is 43.8 Å². The number of rotatable bonds is 6. The minimum Gasteiger partial charge on any atom is -0.331 e. The van der Waals surface area contributed by atoms with Crippen LogP contribution in [0.4, 0.5) is 13.2 Å². The number of carbonyl (C=O) groups is 1. The quantitative estimate of drug-likeness (QED) is 0.590. The van der Waals surface area contributed by atoms with Gasteiger partial charge in [0.15, 0.2) is 0 Å². The van der Waals surface area contributed by atoms with Gasteiger partial charge >= 0.3 is 12.1 Å². The molecule has 1 aliphatic carbocycles. The van der Waals surface area contributed by atoms with Gasteiger partial charge in [-0.15, -0.1) is 0 Å². The van der Waals surface area contributed by atoms with Gasteiger partial charge < -0.3 is 10.2 Å². The molecule has 1 heterocycles. The zero-order valence-electron chi connectivity index (χ0n) is 17.2. The number of nitrogens with one attached hydrogen (secondary N) is 1. The molecule has 1 N–H and O–H groups in total. The highest BCUT2D eigenvalue weighted by molar-refractivity contribution is 9.10. The van der Waals surface area contributed by atoms with E-state index in [0.717, 1.165) is 46.4 Å². The summed E-state index contributed by atoms with van der Waals surface area (Å²) in [5.41, 5.74) is 1.70. The Bertz CT molecular complexity index is 913. The van der Waals surface area contributed by atoms with Crippen molar-refractivity contribution in [3.05, 3.63) is 70.2 Å². The highest BCUT2D eigenvalue weighted by Crippen LogP contribution is 2.48. The summed E-state index contributed by atoms with van der Waals surface area (Å²) in [6, 6.07) is 17.0. The largest absolute Gasteiger partial charge is 0.471 e. The standard InChI is InChI=1S/C24H26BrF3N2O/c25-19-8-4-5-17(13-19)15-23(9-11-29-12-10-23)16-30(22(31)24(26,27)28)21-14-20(21)18-6-2-1-3-7-18/h1-8,13,20-21,29H,9-12,14-16H2. The minimum atomic E-state index is -4.87. The number of amides is 1. The third kappa shape index (κ3) is 5.32. The minimum absolute atomic E-state index is 0.0304. The second-order valence-corrected chi connectivity index (χ2v) is 9.72. The molecule has 0 bridgehead atoms. The smallest absolute Gasteiger partial charge is 0.331 e. The van der Waals surface area contributed by atoms with Crippen molar-refractivity contribution in [1.82, 2.24) is 10.2 Å². The Morgan fingerprint density at radius 1 is 1.10 bits per heavy atom. The molecular formula is C24H26BrF3N2O. The van der Waals surface area contributed by atoms with Crippen LogP contribution in [0.5, 0.6) is 0 Å². The van der Waals surface area contributed by atoms with Crippen LogP contribution in [-0.4, -0.2) is 42.7 Å². The lowest BCUT2D eigenvalue weighted by molar-refractivity contribution is -0.188. The summed E-state index contributed by atoms with van der Waals surface area (Å²) in [5, 5.41) is 3.31. The van der Waals surface area contributed by atoms with Crippen LogP contribution in [0.15, 0.2) is 59.1 Å². The lowest BCUT2D eigenvalue weighted by Crippen LogP contribution is -2.51. The molecule has 1 amide bonds.